The Morgan fingerprint density at radius 1 is 1.24 bits per heavy atom. The molecule has 0 aliphatic heterocycles. The highest BCUT2D eigenvalue weighted by Gasteiger charge is 2.16. The van der Waals surface area contributed by atoms with Crippen molar-refractivity contribution < 1.29 is 9.36 Å². The second kappa shape index (κ2) is 6.72. The van der Waals surface area contributed by atoms with Crippen LogP contribution in [0.1, 0.15) is 29.8 Å². The van der Waals surface area contributed by atoms with Crippen molar-refractivity contribution in [1.29, 1.82) is 0 Å². The third kappa shape index (κ3) is 4.05. The van der Waals surface area contributed by atoms with Gasteiger partial charge in [0.1, 0.15) is 0 Å². The van der Waals surface area contributed by atoms with Crippen molar-refractivity contribution in [2.45, 2.75) is 33.4 Å². The molecule has 1 aromatic heterocycles. The fraction of sp³-hybridized carbons (Fsp3) is 0.294. The molecule has 4 heteroatoms. The molecular formula is C17H20ClN2O+. The summed E-state index contributed by atoms with van der Waals surface area (Å²) in [6.45, 7) is 6.35. The fourth-order valence-electron chi connectivity index (χ4n) is 2.20. The van der Waals surface area contributed by atoms with Crippen LogP contribution < -0.4 is 9.88 Å². The number of benzene rings is 1. The SMILES string of the molecule is Cc1ccc[n+](CC(=O)N[C@@H](C)c2ccc(Cl)cc2)c1C. The average molecular weight is 304 g/mol. The van der Waals surface area contributed by atoms with E-state index in [9.17, 15) is 4.79 Å². The average Bonchev–Trinajstić information content (AvgIpc) is 2.44. The summed E-state index contributed by atoms with van der Waals surface area (Å²) in [4.78, 5) is 12.2. The van der Waals surface area contributed by atoms with Crippen LogP contribution in [-0.2, 0) is 11.3 Å². The number of carbonyl (C=O) groups excluding carboxylic acids is 1. The largest absolute Gasteiger partial charge is 0.344 e. The van der Waals surface area contributed by atoms with Gasteiger partial charge in [0.25, 0.3) is 5.91 Å². The van der Waals surface area contributed by atoms with Crippen molar-refractivity contribution >= 4 is 17.5 Å². The molecule has 21 heavy (non-hydrogen) atoms. The summed E-state index contributed by atoms with van der Waals surface area (Å²) < 4.78 is 1.96. The van der Waals surface area contributed by atoms with E-state index in [2.05, 4.69) is 5.32 Å². The number of amides is 1. The number of aryl methyl sites for hydroxylation is 1. The van der Waals surface area contributed by atoms with E-state index >= 15 is 0 Å². The smallest absolute Gasteiger partial charge is 0.286 e. The molecule has 0 spiro atoms. The summed E-state index contributed by atoms with van der Waals surface area (Å²) in [7, 11) is 0. The molecule has 3 nitrogen and oxygen atoms in total. The fourth-order valence-corrected chi connectivity index (χ4v) is 2.32. The molecule has 0 saturated heterocycles. The molecule has 0 saturated carbocycles. The first-order valence-electron chi connectivity index (χ1n) is 6.98. The van der Waals surface area contributed by atoms with E-state index in [0.717, 1.165) is 11.3 Å². The molecule has 1 aromatic carbocycles. The lowest BCUT2D eigenvalue weighted by atomic mass is 10.1. The first-order chi connectivity index (χ1) is 9.97. The van der Waals surface area contributed by atoms with Crippen LogP contribution in [0.2, 0.25) is 5.02 Å². The number of halogens is 1. The molecular weight excluding hydrogens is 284 g/mol. The van der Waals surface area contributed by atoms with Gasteiger partial charge in [0.2, 0.25) is 6.54 Å². The van der Waals surface area contributed by atoms with E-state index in [-0.39, 0.29) is 11.9 Å². The van der Waals surface area contributed by atoms with Gasteiger partial charge in [-0.1, -0.05) is 23.7 Å². The Morgan fingerprint density at radius 3 is 2.57 bits per heavy atom. The van der Waals surface area contributed by atoms with E-state index in [0.29, 0.717) is 11.6 Å². The molecule has 1 atom stereocenters. The molecule has 1 N–H and O–H groups in total. The van der Waals surface area contributed by atoms with Crippen molar-refractivity contribution in [2.75, 3.05) is 0 Å². The minimum absolute atomic E-state index is 0.00356. The van der Waals surface area contributed by atoms with E-state index in [4.69, 9.17) is 11.6 Å². The Morgan fingerprint density at radius 2 is 1.90 bits per heavy atom. The minimum Gasteiger partial charge on any atom is -0.344 e. The van der Waals surface area contributed by atoms with Crippen LogP contribution in [0.25, 0.3) is 0 Å². The normalized spacial score (nSPS) is 12.0. The second-order valence-electron chi connectivity index (χ2n) is 5.25. The van der Waals surface area contributed by atoms with Crippen LogP contribution in [-0.4, -0.2) is 5.91 Å². The molecule has 0 bridgehead atoms. The Hall–Kier alpha value is -1.87. The van der Waals surface area contributed by atoms with Gasteiger partial charge in [-0.3, -0.25) is 4.79 Å². The number of pyridine rings is 1. The Bertz CT molecular complexity index is 638. The maximum Gasteiger partial charge on any atom is 0.286 e. The maximum atomic E-state index is 12.2. The molecule has 1 heterocycles. The highest BCUT2D eigenvalue weighted by Crippen LogP contribution is 2.15. The number of hydrogen-bond acceptors (Lipinski definition) is 1. The lowest BCUT2D eigenvalue weighted by molar-refractivity contribution is -0.690. The van der Waals surface area contributed by atoms with Crippen LogP contribution in [0.5, 0.6) is 0 Å². The summed E-state index contributed by atoms with van der Waals surface area (Å²) in [5.74, 6) is -0.00356. The van der Waals surface area contributed by atoms with Crippen LogP contribution in [0.4, 0.5) is 0 Å². The van der Waals surface area contributed by atoms with Gasteiger partial charge in [-0.25, -0.2) is 0 Å². The van der Waals surface area contributed by atoms with Crippen LogP contribution in [0.15, 0.2) is 42.6 Å². The topological polar surface area (TPSA) is 33.0 Å². The number of nitrogens with one attached hydrogen (secondary N) is 1. The summed E-state index contributed by atoms with van der Waals surface area (Å²) in [5, 5.41) is 3.71. The van der Waals surface area contributed by atoms with E-state index in [1.165, 1.54) is 5.56 Å². The summed E-state index contributed by atoms with van der Waals surface area (Å²) in [5.41, 5.74) is 3.32. The van der Waals surface area contributed by atoms with Gasteiger partial charge >= 0.3 is 0 Å². The third-order valence-electron chi connectivity index (χ3n) is 3.68. The van der Waals surface area contributed by atoms with Crippen molar-refractivity contribution in [3.05, 3.63) is 64.4 Å². The highest BCUT2D eigenvalue weighted by atomic mass is 35.5. The highest BCUT2D eigenvalue weighted by molar-refractivity contribution is 6.30. The zero-order valence-corrected chi connectivity index (χ0v) is 13.3. The standard InChI is InChI=1S/C17H19ClN2O/c1-12-5-4-10-20(14(12)3)11-17(21)19-13(2)15-6-8-16(18)9-7-15/h4-10,13H,11H2,1-3H3/p+1/t13-/m0/s1. The molecule has 1 amide bonds. The lowest BCUT2D eigenvalue weighted by Crippen LogP contribution is -2.45. The maximum absolute atomic E-state index is 12.2. The molecule has 0 fully saturated rings. The number of aromatic nitrogens is 1. The van der Waals surface area contributed by atoms with Crippen molar-refractivity contribution in [3.63, 3.8) is 0 Å². The lowest BCUT2D eigenvalue weighted by Gasteiger charge is -2.13. The second-order valence-corrected chi connectivity index (χ2v) is 5.68. The quantitative estimate of drug-likeness (QED) is 0.865. The van der Waals surface area contributed by atoms with Crippen molar-refractivity contribution in [1.82, 2.24) is 5.32 Å². The Kier molecular flexibility index (Phi) is 4.97. The van der Waals surface area contributed by atoms with Gasteiger partial charge in [0.15, 0.2) is 11.9 Å². The predicted octanol–water partition coefficient (Wildman–Crippen LogP) is 3.12. The summed E-state index contributed by atoms with van der Waals surface area (Å²) in [6.07, 6.45) is 1.93. The summed E-state index contributed by atoms with van der Waals surface area (Å²) in [6, 6.07) is 11.5. The van der Waals surface area contributed by atoms with Gasteiger partial charge in [-0.2, -0.15) is 4.57 Å². The number of hydrogen-bond donors (Lipinski definition) is 1. The van der Waals surface area contributed by atoms with Gasteiger partial charge in [-0.15, -0.1) is 0 Å². The van der Waals surface area contributed by atoms with Crippen molar-refractivity contribution in [3.8, 4) is 0 Å². The molecule has 0 unspecified atom stereocenters. The minimum atomic E-state index is -0.0412. The van der Waals surface area contributed by atoms with E-state index < -0.39 is 0 Å². The van der Waals surface area contributed by atoms with Gasteiger partial charge in [0, 0.05) is 23.6 Å². The third-order valence-corrected chi connectivity index (χ3v) is 3.93. The Labute approximate surface area is 130 Å². The van der Waals surface area contributed by atoms with Crippen LogP contribution >= 0.6 is 11.6 Å². The van der Waals surface area contributed by atoms with Crippen LogP contribution in [0, 0.1) is 13.8 Å². The number of nitrogens with zero attached hydrogens (tertiary/aromatic N) is 1. The van der Waals surface area contributed by atoms with Crippen LogP contribution in [0.3, 0.4) is 0 Å². The Balaban J connectivity index is 2.01. The van der Waals surface area contributed by atoms with E-state index in [1.807, 2.05) is 67.9 Å². The van der Waals surface area contributed by atoms with E-state index in [1.54, 1.807) is 0 Å². The number of rotatable bonds is 4. The zero-order chi connectivity index (χ0) is 15.4. The van der Waals surface area contributed by atoms with Gasteiger partial charge < -0.3 is 5.32 Å². The first-order valence-corrected chi connectivity index (χ1v) is 7.35. The van der Waals surface area contributed by atoms with Gasteiger partial charge in [0.05, 0.1) is 6.04 Å². The molecule has 0 aliphatic rings. The zero-order valence-electron chi connectivity index (χ0n) is 12.6. The monoisotopic (exact) mass is 303 g/mol. The van der Waals surface area contributed by atoms with Crippen molar-refractivity contribution in [2.24, 2.45) is 0 Å². The molecule has 2 aromatic rings. The molecule has 110 valence electrons. The summed E-state index contributed by atoms with van der Waals surface area (Å²) >= 11 is 5.87. The first kappa shape index (κ1) is 15.5. The predicted molar refractivity (Wildman–Crippen MR) is 84.1 cm³/mol. The molecule has 0 aliphatic carbocycles. The molecule has 0 radical (unpaired) electrons. The van der Waals surface area contributed by atoms with Gasteiger partial charge in [-0.05, 0) is 37.6 Å². The number of carbonyl (C=O) groups is 1. The molecule has 2 rings (SSSR count).